The maximum absolute atomic E-state index is 11.9. The molecule has 0 unspecified atom stereocenters. The number of hydrogen-bond acceptors (Lipinski definition) is 7. The number of nitro groups is 1. The molecule has 0 amide bonds. The van der Waals surface area contributed by atoms with Crippen LogP contribution in [0.5, 0.6) is 0 Å². The molecule has 0 spiro atoms. The van der Waals surface area contributed by atoms with Crippen LogP contribution in [0.15, 0.2) is 40.6 Å². The highest BCUT2D eigenvalue weighted by Gasteiger charge is 2.15. The van der Waals surface area contributed by atoms with Gasteiger partial charge in [-0.2, -0.15) is 0 Å². The summed E-state index contributed by atoms with van der Waals surface area (Å²) in [7, 11) is -3.58. The summed E-state index contributed by atoms with van der Waals surface area (Å²) < 4.78 is 31.0. The van der Waals surface area contributed by atoms with E-state index in [0.29, 0.717) is 5.56 Å². The normalized spacial score (nSPS) is 11.2. The van der Waals surface area contributed by atoms with Crippen molar-refractivity contribution in [1.29, 1.82) is 0 Å². The van der Waals surface area contributed by atoms with Gasteiger partial charge >= 0.3 is 11.0 Å². The first kappa shape index (κ1) is 18.0. The van der Waals surface area contributed by atoms with E-state index in [1.165, 1.54) is 35.7 Å². The van der Waals surface area contributed by atoms with Crippen molar-refractivity contribution < 1.29 is 22.9 Å². The van der Waals surface area contributed by atoms with Crippen molar-refractivity contribution in [3.05, 3.63) is 57.0 Å². The molecule has 0 bridgehead atoms. The summed E-state index contributed by atoms with van der Waals surface area (Å²) in [6.45, 7) is 1.83. The number of nitrogens with zero attached hydrogens (tertiary/aromatic N) is 1. The predicted molar refractivity (Wildman–Crippen MR) is 87.4 cm³/mol. The molecule has 2 rings (SSSR count). The summed E-state index contributed by atoms with van der Waals surface area (Å²) in [5.74, 6) is -0.642. The quantitative estimate of drug-likeness (QED) is 0.454. The predicted octanol–water partition coefficient (Wildman–Crippen LogP) is 2.31. The Hall–Kier alpha value is -2.30. The maximum Gasteiger partial charge on any atom is 0.338 e. The fourth-order valence-corrected chi connectivity index (χ4v) is 3.56. The Bertz CT molecular complexity index is 842. The minimum absolute atomic E-state index is 0.0287. The van der Waals surface area contributed by atoms with Crippen LogP contribution in [-0.4, -0.2) is 25.9 Å². The van der Waals surface area contributed by atoms with Crippen LogP contribution in [0.2, 0.25) is 0 Å². The Morgan fingerprint density at radius 2 is 2.00 bits per heavy atom. The molecule has 1 heterocycles. The molecule has 0 saturated carbocycles. The van der Waals surface area contributed by atoms with Crippen LogP contribution in [0.25, 0.3) is 0 Å². The molecule has 0 atom stereocenters. The van der Waals surface area contributed by atoms with E-state index in [2.05, 4.69) is 4.72 Å². The summed E-state index contributed by atoms with van der Waals surface area (Å²) in [5.41, 5.74) is 0.710. The van der Waals surface area contributed by atoms with Crippen molar-refractivity contribution in [2.75, 3.05) is 6.54 Å². The molecule has 0 aliphatic carbocycles. The Kier molecular flexibility index (Phi) is 5.65. The largest absolute Gasteiger partial charge is 0.457 e. The highest BCUT2D eigenvalue weighted by atomic mass is 32.2. The van der Waals surface area contributed by atoms with E-state index in [0.717, 1.165) is 11.3 Å². The van der Waals surface area contributed by atoms with Crippen LogP contribution in [-0.2, 0) is 21.4 Å². The van der Waals surface area contributed by atoms with Crippen LogP contribution in [0.4, 0.5) is 5.00 Å². The fourth-order valence-electron chi connectivity index (χ4n) is 1.81. The Balaban J connectivity index is 2.01. The van der Waals surface area contributed by atoms with E-state index >= 15 is 0 Å². The van der Waals surface area contributed by atoms with Gasteiger partial charge in [-0.1, -0.05) is 18.3 Å². The van der Waals surface area contributed by atoms with Gasteiger partial charge in [0.15, 0.2) is 0 Å². The fraction of sp³-hybridized carbons (Fsp3) is 0.214. The van der Waals surface area contributed by atoms with E-state index in [4.69, 9.17) is 4.74 Å². The molecular formula is C14H14N2O6S2. The van der Waals surface area contributed by atoms with Crippen molar-refractivity contribution in [2.24, 2.45) is 0 Å². The van der Waals surface area contributed by atoms with Gasteiger partial charge in [-0.15, -0.1) is 0 Å². The smallest absolute Gasteiger partial charge is 0.338 e. The van der Waals surface area contributed by atoms with Gasteiger partial charge < -0.3 is 4.74 Å². The van der Waals surface area contributed by atoms with Crippen LogP contribution >= 0.6 is 11.3 Å². The molecule has 1 aromatic carbocycles. The second-order valence-corrected chi connectivity index (χ2v) is 7.31. The lowest BCUT2D eigenvalue weighted by Gasteiger charge is -2.06. The van der Waals surface area contributed by atoms with Gasteiger partial charge in [-0.25, -0.2) is 17.9 Å². The number of benzene rings is 1. The molecule has 8 nitrogen and oxygen atoms in total. The lowest BCUT2D eigenvalue weighted by atomic mass is 10.2. The van der Waals surface area contributed by atoms with Gasteiger partial charge in [0.05, 0.1) is 15.4 Å². The number of hydrogen-bond donors (Lipinski definition) is 1. The topological polar surface area (TPSA) is 116 Å². The Morgan fingerprint density at radius 3 is 2.54 bits per heavy atom. The first-order valence-corrected chi connectivity index (χ1v) is 9.18. The SMILES string of the molecule is CCNS(=O)(=O)c1ccc(C(=O)OCc2csc([N+](=O)[O-])c2)cc1. The zero-order valence-electron chi connectivity index (χ0n) is 12.6. The molecule has 0 aliphatic rings. The highest BCUT2D eigenvalue weighted by Crippen LogP contribution is 2.23. The number of ether oxygens (including phenoxy) is 1. The first-order valence-electron chi connectivity index (χ1n) is 6.82. The van der Waals surface area contributed by atoms with Gasteiger partial charge in [0.1, 0.15) is 6.61 Å². The summed E-state index contributed by atoms with van der Waals surface area (Å²) in [6.07, 6.45) is 0. The molecule has 0 fully saturated rings. The number of nitrogens with one attached hydrogen (secondary N) is 1. The third kappa shape index (κ3) is 4.37. The highest BCUT2D eigenvalue weighted by molar-refractivity contribution is 7.89. The molecule has 1 N–H and O–H groups in total. The second kappa shape index (κ2) is 7.51. The van der Waals surface area contributed by atoms with Crippen LogP contribution in [0, 0.1) is 10.1 Å². The zero-order chi connectivity index (χ0) is 17.7. The molecule has 0 saturated heterocycles. The molecule has 10 heteroatoms. The summed E-state index contributed by atoms with van der Waals surface area (Å²) in [6, 6.07) is 6.66. The van der Waals surface area contributed by atoms with Gasteiger partial charge in [0.2, 0.25) is 10.0 Å². The number of rotatable bonds is 7. The minimum atomic E-state index is -3.58. The lowest BCUT2D eigenvalue weighted by molar-refractivity contribution is -0.380. The van der Waals surface area contributed by atoms with Gasteiger partial charge in [-0.05, 0) is 24.3 Å². The number of esters is 1. The van der Waals surface area contributed by atoms with Crippen LogP contribution in [0.1, 0.15) is 22.8 Å². The Labute approximate surface area is 142 Å². The minimum Gasteiger partial charge on any atom is -0.457 e. The third-order valence-electron chi connectivity index (χ3n) is 2.92. The van der Waals surface area contributed by atoms with Crippen molar-refractivity contribution in [1.82, 2.24) is 4.72 Å². The number of sulfonamides is 1. The number of carbonyl (C=O) groups is 1. The van der Waals surface area contributed by atoms with E-state index in [9.17, 15) is 23.3 Å². The second-order valence-electron chi connectivity index (χ2n) is 4.65. The molecular weight excluding hydrogens is 356 g/mol. The standard InChI is InChI=1S/C14H14N2O6S2/c1-2-15-24(20,21)12-5-3-11(4-6-12)14(17)22-8-10-7-13(16(18)19)23-9-10/h3-7,9,15H,2,8H2,1H3. The summed E-state index contributed by atoms with van der Waals surface area (Å²) in [4.78, 5) is 22.1. The average molecular weight is 370 g/mol. The summed E-state index contributed by atoms with van der Waals surface area (Å²) in [5, 5.41) is 12.1. The number of carbonyl (C=O) groups excluding carboxylic acids is 1. The van der Waals surface area contributed by atoms with Crippen molar-refractivity contribution in [3.63, 3.8) is 0 Å². The zero-order valence-corrected chi connectivity index (χ0v) is 14.2. The maximum atomic E-state index is 11.9. The van der Waals surface area contributed by atoms with Crippen molar-refractivity contribution >= 4 is 32.3 Å². The molecule has 2 aromatic rings. The third-order valence-corrected chi connectivity index (χ3v) is 5.41. The van der Waals surface area contributed by atoms with Gasteiger partial charge in [0, 0.05) is 23.6 Å². The van der Waals surface area contributed by atoms with Gasteiger partial charge in [0.25, 0.3) is 0 Å². The van der Waals surface area contributed by atoms with Crippen molar-refractivity contribution in [2.45, 2.75) is 18.4 Å². The average Bonchev–Trinajstić information content (AvgIpc) is 3.02. The van der Waals surface area contributed by atoms with E-state index < -0.39 is 20.9 Å². The van der Waals surface area contributed by atoms with Crippen LogP contribution < -0.4 is 4.72 Å². The summed E-state index contributed by atoms with van der Waals surface area (Å²) >= 11 is 0.950. The molecule has 128 valence electrons. The van der Waals surface area contributed by atoms with Gasteiger partial charge in [-0.3, -0.25) is 10.1 Å². The van der Waals surface area contributed by atoms with E-state index in [-0.39, 0.29) is 28.6 Å². The molecule has 0 radical (unpaired) electrons. The molecule has 0 aliphatic heterocycles. The molecule has 1 aromatic heterocycles. The Morgan fingerprint density at radius 1 is 1.33 bits per heavy atom. The monoisotopic (exact) mass is 370 g/mol. The molecule has 24 heavy (non-hydrogen) atoms. The number of thiophene rings is 1. The van der Waals surface area contributed by atoms with Crippen molar-refractivity contribution in [3.8, 4) is 0 Å². The lowest BCUT2D eigenvalue weighted by Crippen LogP contribution is -2.23. The van der Waals surface area contributed by atoms with Crippen LogP contribution in [0.3, 0.4) is 0 Å². The van der Waals surface area contributed by atoms with E-state index in [1.807, 2.05) is 0 Å². The first-order chi connectivity index (χ1) is 11.3. The van der Waals surface area contributed by atoms with E-state index in [1.54, 1.807) is 6.92 Å².